The van der Waals surface area contributed by atoms with Gasteiger partial charge in [-0.25, -0.2) is 9.37 Å². The minimum atomic E-state index is -0.262. The van der Waals surface area contributed by atoms with E-state index in [1.165, 1.54) is 6.07 Å². The van der Waals surface area contributed by atoms with Crippen LogP contribution >= 0.6 is 0 Å². The quantitative estimate of drug-likeness (QED) is 0.372. The summed E-state index contributed by atoms with van der Waals surface area (Å²) in [5.74, 6) is 0.475. The van der Waals surface area contributed by atoms with Crippen LogP contribution < -0.4 is 4.74 Å². The molecule has 1 aliphatic heterocycles. The van der Waals surface area contributed by atoms with Crippen molar-refractivity contribution < 1.29 is 13.9 Å². The molecule has 0 aliphatic carbocycles. The lowest BCUT2D eigenvalue weighted by Crippen LogP contribution is -2.27. The molecule has 6 rings (SSSR count). The van der Waals surface area contributed by atoms with Crippen molar-refractivity contribution in [1.82, 2.24) is 24.3 Å². The molecule has 0 spiro atoms. The maximum absolute atomic E-state index is 15.4. The lowest BCUT2D eigenvalue weighted by Gasteiger charge is -2.33. The molecular weight excluding hydrogens is 445 g/mol. The third-order valence-corrected chi connectivity index (χ3v) is 7.22. The van der Waals surface area contributed by atoms with E-state index in [9.17, 15) is 0 Å². The van der Waals surface area contributed by atoms with Crippen LogP contribution in [0, 0.1) is 18.7 Å². The number of ether oxygens (including phenoxy) is 2. The number of rotatable bonds is 5. The molecule has 8 heteroatoms. The number of halogens is 1. The molecule has 180 valence electrons. The molecule has 0 amide bonds. The zero-order valence-electron chi connectivity index (χ0n) is 20.1. The summed E-state index contributed by atoms with van der Waals surface area (Å²) in [4.78, 5) is 9.43. The Bertz CT molecular complexity index is 1510. The number of aryl methyl sites for hydroxylation is 2. The zero-order valence-corrected chi connectivity index (χ0v) is 20.1. The van der Waals surface area contributed by atoms with Crippen molar-refractivity contribution in [2.45, 2.75) is 25.8 Å². The number of hydrogen-bond acceptors (Lipinski definition) is 4. The average molecular weight is 474 g/mol. The van der Waals surface area contributed by atoms with E-state index in [1.807, 2.05) is 43.0 Å². The van der Waals surface area contributed by atoms with Gasteiger partial charge >= 0.3 is 0 Å². The van der Waals surface area contributed by atoms with Gasteiger partial charge in [-0.3, -0.25) is 9.67 Å². The molecule has 4 aromatic heterocycles. The monoisotopic (exact) mass is 473 g/mol. The molecule has 1 saturated heterocycles. The van der Waals surface area contributed by atoms with Gasteiger partial charge in [-0.05, 0) is 43.9 Å². The van der Waals surface area contributed by atoms with Gasteiger partial charge in [0.25, 0.3) is 0 Å². The smallest absolute Gasteiger partial charge is 0.238 e. The molecule has 35 heavy (non-hydrogen) atoms. The summed E-state index contributed by atoms with van der Waals surface area (Å²) < 4.78 is 31.0. The largest absolute Gasteiger partial charge is 0.479 e. The summed E-state index contributed by atoms with van der Waals surface area (Å²) in [6.45, 7) is 3.37. The Kier molecular flexibility index (Phi) is 5.33. The molecule has 1 fully saturated rings. The molecule has 1 unspecified atom stereocenters. The Morgan fingerprint density at radius 1 is 1.17 bits per heavy atom. The van der Waals surface area contributed by atoms with Crippen molar-refractivity contribution in [3.63, 3.8) is 0 Å². The Morgan fingerprint density at radius 3 is 2.69 bits per heavy atom. The van der Waals surface area contributed by atoms with E-state index in [-0.39, 0.29) is 17.8 Å². The van der Waals surface area contributed by atoms with Gasteiger partial charge in [-0.15, -0.1) is 0 Å². The number of pyridine rings is 2. The SMILES string of the molecule is COc1nccc2c3ncc(-c4c(C)[nH]n4C)cc3n(C(c3ccccc3F)C3CCOCC3)c12. The summed E-state index contributed by atoms with van der Waals surface area (Å²) in [5, 5.41) is 4.20. The summed E-state index contributed by atoms with van der Waals surface area (Å²) in [6, 6.07) is 10.9. The van der Waals surface area contributed by atoms with Gasteiger partial charge in [0.15, 0.2) is 0 Å². The number of hydrogen-bond donors (Lipinski definition) is 1. The fourth-order valence-electron chi connectivity index (χ4n) is 5.71. The fourth-order valence-corrected chi connectivity index (χ4v) is 5.71. The van der Waals surface area contributed by atoms with Gasteiger partial charge in [0.05, 0.1) is 35.6 Å². The van der Waals surface area contributed by atoms with E-state index in [2.05, 4.69) is 20.7 Å². The lowest BCUT2D eigenvalue weighted by atomic mass is 9.86. The van der Waals surface area contributed by atoms with E-state index in [0.717, 1.165) is 51.7 Å². The average Bonchev–Trinajstić information content (AvgIpc) is 3.19. The predicted molar refractivity (Wildman–Crippen MR) is 133 cm³/mol. The number of methoxy groups -OCH3 is 1. The number of aromatic amines is 1. The van der Waals surface area contributed by atoms with Crippen LogP contribution in [0.3, 0.4) is 0 Å². The second kappa shape index (κ2) is 8.53. The second-order valence-electron chi connectivity index (χ2n) is 9.24. The highest BCUT2D eigenvalue weighted by molar-refractivity contribution is 6.08. The zero-order chi connectivity index (χ0) is 24.1. The summed E-state index contributed by atoms with van der Waals surface area (Å²) in [7, 11) is 3.61. The van der Waals surface area contributed by atoms with E-state index in [0.29, 0.717) is 24.7 Å². The van der Waals surface area contributed by atoms with E-state index in [4.69, 9.17) is 14.5 Å². The summed E-state index contributed by atoms with van der Waals surface area (Å²) >= 11 is 0. The van der Waals surface area contributed by atoms with Crippen molar-refractivity contribution in [3.8, 4) is 17.1 Å². The molecule has 0 bridgehead atoms. The maximum Gasteiger partial charge on any atom is 0.238 e. The maximum atomic E-state index is 15.4. The highest BCUT2D eigenvalue weighted by Gasteiger charge is 2.33. The van der Waals surface area contributed by atoms with Gasteiger partial charge in [-0.2, -0.15) is 0 Å². The van der Waals surface area contributed by atoms with Crippen LogP contribution in [-0.4, -0.2) is 44.6 Å². The van der Waals surface area contributed by atoms with Crippen LogP contribution in [0.5, 0.6) is 5.88 Å². The molecule has 1 aromatic carbocycles. The minimum absolute atomic E-state index is 0.182. The third kappa shape index (κ3) is 3.43. The molecule has 1 N–H and O–H groups in total. The predicted octanol–water partition coefficient (Wildman–Crippen LogP) is 5.39. The molecule has 7 nitrogen and oxygen atoms in total. The first kappa shape index (κ1) is 21.9. The number of nitrogens with one attached hydrogen (secondary N) is 1. The van der Waals surface area contributed by atoms with Gasteiger partial charge in [0, 0.05) is 49.2 Å². The summed E-state index contributed by atoms with van der Waals surface area (Å²) in [6.07, 6.45) is 5.32. The third-order valence-electron chi connectivity index (χ3n) is 7.22. The van der Waals surface area contributed by atoms with Crippen molar-refractivity contribution in [2.75, 3.05) is 20.3 Å². The Morgan fingerprint density at radius 2 is 1.97 bits per heavy atom. The van der Waals surface area contributed by atoms with E-state index < -0.39 is 0 Å². The van der Waals surface area contributed by atoms with Crippen LogP contribution in [0.1, 0.15) is 30.1 Å². The number of nitrogens with zero attached hydrogens (tertiary/aromatic N) is 4. The number of benzene rings is 1. The van der Waals surface area contributed by atoms with Crippen molar-refractivity contribution in [1.29, 1.82) is 0 Å². The van der Waals surface area contributed by atoms with Crippen LogP contribution in [0.4, 0.5) is 4.39 Å². The van der Waals surface area contributed by atoms with Crippen LogP contribution in [0.15, 0.2) is 48.8 Å². The minimum Gasteiger partial charge on any atom is -0.479 e. The fraction of sp³-hybridized carbons (Fsp3) is 0.333. The van der Waals surface area contributed by atoms with E-state index in [1.54, 1.807) is 19.4 Å². The van der Waals surface area contributed by atoms with Gasteiger partial charge in [0.2, 0.25) is 5.88 Å². The molecule has 5 heterocycles. The Hall–Kier alpha value is -3.65. The molecule has 1 aliphatic rings. The molecule has 0 saturated carbocycles. The van der Waals surface area contributed by atoms with Crippen molar-refractivity contribution >= 4 is 21.9 Å². The van der Waals surface area contributed by atoms with Crippen LogP contribution in [0.25, 0.3) is 33.2 Å². The van der Waals surface area contributed by atoms with Crippen LogP contribution in [-0.2, 0) is 11.8 Å². The van der Waals surface area contributed by atoms with Crippen LogP contribution in [0.2, 0.25) is 0 Å². The normalized spacial score (nSPS) is 15.8. The first-order chi connectivity index (χ1) is 17.1. The van der Waals surface area contributed by atoms with Gasteiger partial charge in [0.1, 0.15) is 11.3 Å². The summed E-state index contributed by atoms with van der Waals surface area (Å²) in [5.41, 5.74) is 6.47. The molecular formula is C27H28FN5O2. The topological polar surface area (TPSA) is 69.9 Å². The van der Waals surface area contributed by atoms with Crippen molar-refractivity contribution in [3.05, 3.63) is 65.9 Å². The van der Waals surface area contributed by atoms with Gasteiger partial charge in [-0.1, -0.05) is 18.2 Å². The number of H-pyrrole nitrogens is 1. The van der Waals surface area contributed by atoms with Gasteiger partial charge < -0.3 is 19.1 Å². The van der Waals surface area contributed by atoms with Crippen molar-refractivity contribution in [2.24, 2.45) is 13.0 Å². The molecule has 5 aromatic rings. The number of aromatic nitrogens is 5. The first-order valence-corrected chi connectivity index (χ1v) is 11.9. The Balaban J connectivity index is 1.71. The highest BCUT2D eigenvalue weighted by atomic mass is 19.1. The standard InChI is InChI=1S/C27H28FN5O2/c1-16-24(32(2)31-16)18-14-22-23(30-15-18)20-8-11-29-27(34-3)26(20)33(22)25(17-9-12-35-13-10-17)19-6-4-5-7-21(19)28/h4-8,11,14-15,17,25,31H,9-10,12-13H2,1-3H3. The number of fused-ring (bicyclic) bond motifs is 3. The molecule has 1 atom stereocenters. The van der Waals surface area contributed by atoms with E-state index >= 15 is 4.39 Å². The second-order valence-corrected chi connectivity index (χ2v) is 9.24. The lowest BCUT2D eigenvalue weighted by molar-refractivity contribution is 0.0548. The molecule has 0 radical (unpaired) electrons. The Labute approximate surface area is 202 Å². The first-order valence-electron chi connectivity index (χ1n) is 11.9. The highest BCUT2D eigenvalue weighted by Crippen LogP contribution is 2.43.